The fourth-order valence-electron chi connectivity index (χ4n) is 2.14. The van der Waals surface area contributed by atoms with Crippen molar-refractivity contribution < 1.29 is 12.8 Å². The summed E-state index contributed by atoms with van der Waals surface area (Å²) in [7, 11) is -1.72. The molecule has 3 rings (SSSR count). The summed E-state index contributed by atoms with van der Waals surface area (Å²) in [6, 6.07) is 7.89. The first-order valence-electron chi connectivity index (χ1n) is 7.12. The minimum atomic E-state index is -3.51. The van der Waals surface area contributed by atoms with Crippen LogP contribution in [0.2, 0.25) is 10.0 Å². The van der Waals surface area contributed by atoms with E-state index in [1.54, 1.807) is 30.0 Å². The van der Waals surface area contributed by atoms with Crippen molar-refractivity contribution in [3.63, 3.8) is 0 Å². The van der Waals surface area contributed by atoms with Gasteiger partial charge in [-0.15, -0.1) is 10.2 Å². The van der Waals surface area contributed by atoms with Crippen LogP contribution in [0.3, 0.4) is 0 Å². The van der Waals surface area contributed by atoms with E-state index in [1.165, 1.54) is 30.0 Å². The largest absolute Gasteiger partial charge is 0.461 e. The van der Waals surface area contributed by atoms with Crippen LogP contribution in [0.1, 0.15) is 0 Å². The number of rotatable bonds is 6. The number of hydrogen-bond donors (Lipinski definition) is 0. The van der Waals surface area contributed by atoms with Gasteiger partial charge in [-0.2, -0.15) is 0 Å². The van der Waals surface area contributed by atoms with E-state index in [0.717, 1.165) is 0 Å². The molecule has 0 bridgehead atoms. The molecule has 0 amide bonds. The highest BCUT2D eigenvalue weighted by molar-refractivity contribution is 8.00. The molecule has 0 fully saturated rings. The predicted octanol–water partition coefficient (Wildman–Crippen LogP) is 3.95. The minimum Gasteiger partial charge on any atom is -0.461 e. The van der Waals surface area contributed by atoms with E-state index < -0.39 is 9.84 Å². The number of benzene rings is 1. The molecule has 0 N–H and O–H groups in total. The van der Waals surface area contributed by atoms with Gasteiger partial charge in [0.15, 0.2) is 26.6 Å². The maximum Gasteiger partial charge on any atom is 0.200 e. The molecule has 0 aliphatic heterocycles. The molecule has 25 heavy (non-hydrogen) atoms. The van der Waals surface area contributed by atoms with Gasteiger partial charge in [0, 0.05) is 17.8 Å². The Hall–Kier alpha value is -1.48. The predicted molar refractivity (Wildman–Crippen MR) is 97.9 cm³/mol. The van der Waals surface area contributed by atoms with Crippen molar-refractivity contribution in [1.82, 2.24) is 14.8 Å². The summed E-state index contributed by atoms with van der Waals surface area (Å²) in [5.74, 6) is 1.41. The molecule has 1 aromatic carbocycles. The van der Waals surface area contributed by atoms with Gasteiger partial charge in [0.2, 0.25) is 0 Å². The lowest BCUT2D eigenvalue weighted by atomic mass is 10.4. The third kappa shape index (κ3) is 4.03. The van der Waals surface area contributed by atoms with E-state index >= 15 is 0 Å². The third-order valence-electron chi connectivity index (χ3n) is 3.39. The summed E-state index contributed by atoms with van der Waals surface area (Å²) in [4.78, 5) is 0.0772. The molecule has 10 heteroatoms. The highest BCUT2D eigenvalue weighted by atomic mass is 35.5. The van der Waals surface area contributed by atoms with Gasteiger partial charge in [0.05, 0.1) is 21.9 Å². The second-order valence-electron chi connectivity index (χ2n) is 5.08. The number of thioether (sulfide) groups is 1. The number of halogens is 2. The Kier molecular flexibility index (Phi) is 5.43. The molecule has 2 aromatic heterocycles. The maximum absolute atomic E-state index is 12.4. The zero-order valence-corrected chi connectivity index (χ0v) is 16.2. The highest BCUT2D eigenvalue weighted by Crippen LogP contribution is 2.27. The normalized spacial score (nSPS) is 11.8. The Labute approximate surface area is 159 Å². The van der Waals surface area contributed by atoms with Gasteiger partial charge in [-0.3, -0.25) is 0 Å². The Balaban J connectivity index is 1.69. The van der Waals surface area contributed by atoms with Crippen molar-refractivity contribution in [2.24, 2.45) is 7.05 Å². The van der Waals surface area contributed by atoms with Crippen LogP contribution < -0.4 is 0 Å². The van der Waals surface area contributed by atoms with Gasteiger partial charge in [-0.05, 0) is 30.3 Å². The van der Waals surface area contributed by atoms with Crippen molar-refractivity contribution in [2.75, 3.05) is 11.5 Å². The van der Waals surface area contributed by atoms with E-state index in [1.807, 2.05) is 0 Å². The molecule has 0 saturated carbocycles. The molecule has 0 radical (unpaired) electrons. The number of furan rings is 1. The molecule has 3 aromatic rings. The first kappa shape index (κ1) is 18.3. The molecule has 0 spiro atoms. The zero-order chi connectivity index (χ0) is 18.0. The van der Waals surface area contributed by atoms with Crippen molar-refractivity contribution in [1.29, 1.82) is 0 Å². The maximum atomic E-state index is 12.4. The fourth-order valence-corrected chi connectivity index (χ4v) is 5.53. The van der Waals surface area contributed by atoms with Crippen LogP contribution in [-0.2, 0) is 16.9 Å². The Morgan fingerprint density at radius 1 is 1.24 bits per heavy atom. The summed E-state index contributed by atoms with van der Waals surface area (Å²) in [6.45, 7) is 0. The average molecular weight is 418 g/mol. The Morgan fingerprint density at radius 3 is 2.72 bits per heavy atom. The van der Waals surface area contributed by atoms with Gasteiger partial charge in [0.25, 0.3) is 0 Å². The molecular weight excluding hydrogens is 405 g/mol. The van der Waals surface area contributed by atoms with Crippen molar-refractivity contribution in [3.05, 3.63) is 46.6 Å². The number of hydrogen-bond acceptors (Lipinski definition) is 6. The SMILES string of the molecule is Cn1c(SCCS(=O)(=O)c2ccc(Cl)cc2Cl)nnc1-c1ccco1. The number of aromatic nitrogens is 3. The van der Waals surface area contributed by atoms with Gasteiger partial charge in [0.1, 0.15) is 0 Å². The minimum absolute atomic E-state index is 0.0772. The first-order valence-corrected chi connectivity index (χ1v) is 10.5. The zero-order valence-electron chi connectivity index (χ0n) is 13.0. The van der Waals surface area contributed by atoms with E-state index in [9.17, 15) is 8.42 Å². The second kappa shape index (κ2) is 7.41. The third-order valence-corrected chi connectivity index (χ3v) is 7.10. The van der Waals surface area contributed by atoms with Crippen LogP contribution in [0.25, 0.3) is 11.6 Å². The number of nitrogens with zero attached hydrogens (tertiary/aromatic N) is 3. The van der Waals surface area contributed by atoms with Crippen molar-refractivity contribution in [2.45, 2.75) is 10.1 Å². The monoisotopic (exact) mass is 417 g/mol. The molecule has 132 valence electrons. The molecule has 6 nitrogen and oxygen atoms in total. The Morgan fingerprint density at radius 2 is 2.04 bits per heavy atom. The molecule has 0 aliphatic rings. The lowest BCUT2D eigenvalue weighted by Gasteiger charge is -2.07. The summed E-state index contributed by atoms with van der Waals surface area (Å²) < 4.78 is 31.9. The smallest absolute Gasteiger partial charge is 0.200 e. The molecule has 0 unspecified atom stereocenters. The van der Waals surface area contributed by atoms with Crippen LogP contribution in [0, 0.1) is 0 Å². The van der Waals surface area contributed by atoms with Crippen LogP contribution >= 0.6 is 35.0 Å². The van der Waals surface area contributed by atoms with Crippen LogP contribution in [-0.4, -0.2) is 34.7 Å². The topological polar surface area (TPSA) is 78.0 Å². The lowest BCUT2D eigenvalue weighted by Crippen LogP contribution is -2.10. The highest BCUT2D eigenvalue weighted by Gasteiger charge is 2.19. The van der Waals surface area contributed by atoms with Crippen LogP contribution in [0.5, 0.6) is 0 Å². The quantitative estimate of drug-likeness (QED) is 0.564. The van der Waals surface area contributed by atoms with Gasteiger partial charge in [-0.25, -0.2) is 8.42 Å². The van der Waals surface area contributed by atoms with Crippen molar-refractivity contribution in [3.8, 4) is 11.6 Å². The summed E-state index contributed by atoms with van der Waals surface area (Å²) in [6.07, 6.45) is 1.55. The fraction of sp³-hybridized carbons (Fsp3) is 0.200. The van der Waals surface area contributed by atoms with E-state index in [2.05, 4.69) is 10.2 Å². The van der Waals surface area contributed by atoms with E-state index in [0.29, 0.717) is 27.5 Å². The summed E-state index contributed by atoms with van der Waals surface area (Å²) in [5.41, 5.74) is 0. The molecule has 0 saturated heterocycles. The molecule has 0 aliphatic carbocycles. The van der Waals surface area contributed by atoms with E-state index in [4.69, 9.17) is 27.6 Å². The first-order chi connectivity index (χ1) is 11.9. The average Bonchev–Trinajstić information content (AvgIpc) is 3.17. The Bertz CT molecular complexity index is 986. The van der Waals surface area contributed by atoms with E-state index in [-0.39, 0.29) is 15.7 Å². The second-order valence-corrected chi connectivity index (χ2v) is 9.07. The van der Waals surface area contributed by atoms with Crippen LogP contribution in [0.4, 0.5) is 0 Å². The number of sulfone groups is 1. The standard InChI is InChI=1S/C15H13Cl2N3O3S2/c1-20-14(12-3-2-6-23-12)18-19-15(20)24-7-8-25(21,22)13-5-4-10(16)9-11(13)17/h2-6,9H,7-8H2,1H3. The van der Waals surface area contributed by atoms with Crippen molar-refractivity contribution >= 4 is 44.8 Å². The lowest BCUT2D eigenvalue weighted by molar-refractivity contribution is 0.572. The molecule has 0 atom stereocenters. The van der Waals surface area contributed by atoms with Gasteiger partial charge >= 0.3 is 0 Å². The van der Waals surface area contributed by atoms with Gasteiger partial charge < -0.3 is 8.98 Å². The van der Waals surface area contributed by atoms with Gasteiger partial charge in [-0.1, -0.05) is 35.0 Å². The van der Waals surface area contributed by atoms with Crippen LogP contribution in [0.15, 0.2) is 51.1 Å². The molecule has 2 heterocycles. The summed E-state index contributed by atoms with van der Waals surface area (Å²) in [5, 5.41) is 9.25. The summed E-state index contributed by atoms with van der Waals surface area (Å²) >= 11 is 13.1. The molecular formula is C15H13Cl2N3O3S2.